The second-order valence-corrected chi connectivity index (χ2v) is 13.4. The smallest absolute Gasteiger partial charge is 0.399 e. The van der Waals surface area contributed by atoms with Gasteiger partial charge in [0.25, 0.3) is 0 Å². The van der Waals surface area contributed by atoms with E-state index in [1.54, 1.807) is 0 Å². The standard InChI is InChI=1S/C37H31BO2S/c1-35(2)36(3,4)40-38(39-35)26-20-17-24(18-21-26)37(31-14-8-5-11-27(31)28-12-6-9-15-32(28)37)25-19-22-30-29-13-7-10-16-33(29)41-34(30)23-25/h5-23H,1-4H3. The average molecular weight is 551 g/mol. The van der Waals surface area contributed by atoms with E-state index in [0.717, 1.165) is 5.46 Å². The Kier molecular flexibility index (Phi) is 5.29. The van der Waals surface area contributed by atoms with Gasteiger partial charge in [0, 0.05) is 20.2 Å². The molecule has 2 nitrogen and oxygen atoms in total. The molecule has 8 rings (SSSR count). The predicted octanol–water partition coefficient (Wildman–Crippen LogP) is 8.72. The van der Waals surface area contributed by atoms with Crippen LogP contribution in [0.3, 0.4) is 0 Å². The van der Waals surface area contributed by atoms with Gasteiger partial charge in [-0.15, -0.1) is 11.3 Å². The van der Waals surface area contributed by atoms with Crippen LogP contribution in [0.2, 0.25) is 0 Å². The Morgan fingerprint density at radius 3 is 1.73 bits per heavy atom. The van der Waals surface area contributed by atoms with Crippen LogP contribution in [0.4, 0.5) is 0 Å². The van der Waals surface area contributed by atoms with Gasteiger partial charge in [0.2, 0.25) is 0 Å². The number of fused-ring (bicyclic) bond motifs is 6. The van der Waals surface area contributed by atoms with Gasteiger partial charge >= 0.3 is 7.12 Å². The van der Waals surface area contributed by atoms with E-state index in [1.807, 2.05) is 11.3 Å². The first-order valence-corrected chi connectivity index (χ1v) is 15.2. The Hall–Kier alpha value is -3.70. The molecule has 0 saturated carbocycles. The number of hydrogen-bond acceptors (Lipinski definition) is 3. The van der Waals surface area contributed by atoms with Gasteiger partial charge in [-0.1, -0.05) is 103 Å². The summed E-state index contributed by atoms with van der Waals surface area (Å²) in [6.07, 6.45) is 0. The fraction of sp³-hybridized carbons (Fsp3) is 0.189. The molecule has 2 heterocycles. The van der Waals surface area contributed by atoms with Crippen LogP contribution in [0.25, 0.3) is 31.3 Å². The highest BCUT2D eigenvalue weighted by Gasteiger charge is 2.52. The highest BCUT2D eigenvalue weighted by atomic mass is 32.1. The van der Waals surface area contributed by atoms with Gasteiger partial charge in [-0.05, 0) is 78.7 Å². The number of rotatable bonds is 3. The van der Waals surface area contributed by atoms with Crippen molar-refractivity contribution in [1.82, 2.24) is 0 Å². The molecule has 5 aromatic carbocycles. The first-order valence-electron chi connectivity index (χ1n) is 14.4. The molecule has 0 radical (unpaired) electrons. The predicted molar refractivity (Wildman–Crippen MR) is 172 cm³/mol. The quantitative estimate of drug-likeness (QED) is 0.205. The second-order valence-electron chi connectivity index (χ2n) is 12.4. The van der Waals surface area contributed by atoms with Gasteiger partial charge in [-0.25, -0.2) is 0 Å². The van der Waals surface area contributed by atoms with E-state index in [1.165, 1.54) is 53.6 Å². The summed E-state index contributed by atoms with van der Waals surface area (Å²) < 4.78 is 15.4. The summed E-state index contributed by atoms with van der Waals surface area (Å²) >= 11 is 1.88. The molecule has 6 aromatic rings. The summed E-state index contributed by atoms with van der Waals surface area (Å²) in [5.74, 6) is 0. The van der Waals surface area contributed by atoms with Crippen LogP contribution in [-0.2, 0) is 14.7 Å². The van der Waals surface area contributed by atoms with Crippen LogP contribution in [0.1, 0.15) is 49.9 Å². The van der Waals surface area contributed by atoms with Gasteiger partial charge in [-0.3, -0.25) is 0 Å². The van der Waals surface area contributed by atoms with E-state index in [2.05, 4.69) is 143 Å². The molecular weight excluding hydrogens is 519 g/mol. The molecular formula is C37H31BO2S. The van der Waals surface area contributed by atoms with Crippen molar-refractivity contribution in [2.75, 3.05) is 0 Å². The summed E-state index contributed by atoms with van der Waals surface area (Å²) in [6.45, 7) is 8.42. The molecule has 0 bridgehead atoms. The highest BCUT2D eigenvalue weighted by molar-refractivity contribution is 7.25. The monoisotopic (exact) mass is 550 g/mol. The van der Waals surface area contributed by atoms with E-state index in [-0.39, 0.29) is 18.3 Å². The molecule has 41 heavy (non-hydrogen) atoms. The molecule has 1 fully saturated rings. The molecule has 200 valence electrons. The van der Waals surface area contributed by atoms with Crippen LogP contribution >= 0.6 is 11.3 Å². The van der Waals surface area contributed by atoms with E-state index < -0.39 is 5.41 Å². The van der Waals surface area contributed by atoms with E-state index >= 15 is 0 Å². The summed E-state index contributed by atoms with van der Waals surface area (Å²) in [6, 6.07) is 42.6. The van der Waals surface area contributed by atoms with E-state index in [9.17, 15) is 0 Å². The normalized spacial score (nSPS) is 18.1. The molecule has 1 aliphatic carbocycles. The van der Waals surface area contributed by atoms with Crippen LogP contribution in [0.5, 0.6) is 0 Å². The SMILES string of the molecule is CC1(C)OB(c2ccc(C3(c4ccc5c(c4)sc4ccccc45)c4ccccc4-c4ccccc43)cc2)OC1(C)C. The summed E-state index contributed by atoms with van der Waals surface area (Å²) in [7, 11) is -0.386. The van der Waals surface area contributed by atoms with Crippen LogP contribution in [0, 0.1) is 0 Å². The van der Waals surface area contributed by atoms with Crippen LogP contribution in [-0.4, -0.2) is 18.3 Å². The lowest BCUT2D eigenvalue weighted by Crippen LogP contribution is -2.41. The lowest BCUT2D eigenvalue weighted by molar-refractivity contribution is 0.00578. The van der Waals surface area contributed by atoms with Crippen molar-refractivity contribution in [2.45, 2.75) is 44.3 Å². The fourth-order valence-electron chi connectivity index (χ4n) is 6.85. The Morgan fingerprint density at radius 1 is 0.537 bits per heavy atom. The maximum Gasteiger partial charge on any atom is 0.494 e. The van der Waals surface area contributed by atoms with Crippen molar-refractivity contribution in [1.29, 1.82) is 0 Å². The zero-order valence-corrected chi connectivity index (χ0v) is 24.6. The van der Waals surface area contributed by atoms with Crippen molar-refractivity contribution in [3.8, 4) is 11.1 Å². The Morgan fingerprint density at radius 2 is 1.07 bits per heavy atom. The molecule has 0 unspecified atom stereocenters. The summed E-state index contributed by atoms with van der Waals surface area (Å²) in [4.78, 5) is 0. The third kappa shape index (κ3) is 3.45. The topological polar surface area (TPSA) is 18.5 Å². The zero-order valence-electron chi connectivity index (χ0n) is 23.8. The van der Waals surface area contributed by atoms with Crippen molar-refractivity contribution in [3.05, 3.63) is 138 Å². The average Bonchev–Trinajstić information content (AvgIpc) is 3.57. The molecule has 1 aromatic heterocycles. The molecule has 0 amide bonds. The van der Waals surface area contributed by atoms with E-state index in [4.69, 9.17) is 9.31 Å². The maximum absolute atomic E-state index is 6.39. The van der Waals surface area contributed by atoms with Crippen LogP contribution < -0.4 is 5.46 Å². The third-order valence-electron chi connectivity index (χ3n) is 9.63. The van der Waals surface area contributed by atoms with Gasteiger partial charge in [0.1, 0.15) is 0 Å². The lowest BCUT2D eigenvalue weighted by atomic mass is 9.66. The molecule has 0 N–H and O–H groups in total. The Balaban J connectivity index is 1.36. The van der Waals surface area contributed by atoms with Gasteiger partial charge in [-0.2, -0.15) is 0 Å². The Bertz CT molecular complexity index is 1910. The van der Waals surface area contributed by atoms with Crippen LogP contribution in [0.15, 0.2) is 115 Å². The van der Waals surface area contributed by atoms with E-state index in [0.29, 0.717) is 0 Å². The molecule has 1 aliphatic heterocycles. The first kappa shape index (κ1) is 25.0. The minimum Gasteiger partial charge on any atom is -0.399 e. The lowest BCUT2D eigenvalue weighted by Gasteiger charge is -2.34. The third-order valence-corrected chi connectivity index (χ3v) is 10.8. The van der Waals surface area contributed by atoms with Crippen molar-refractivity contribution in [2.24, 2.45) is 0 Å². The number of thiophene rings is 1. The molecule has 0 atom stereocenters. The minimum atomic E-state index is -0.438. The zero-order chi connectivity index (χ0) is 28.0. The summed E-state index contributed by atoms with van der Waals surface area (Å²) in [5, 5.41) is 2.65. The van der Waals surface area contributed by atoms with Crippen molar-refractivity contribution < 1.29 is 9.31 Å². The highest BCUT2D eigenvalue weighted by Crippen LogP contribution is 2.56. The van der Waals surface area contributed by atoms with Gasteiger partial charge < -0.3 is 9.31 Å². The second kappa shape index (κ2) is 8.66. The molecule has 4 heteroatoms. The maximum atomic E-state index is 6.39. The first-order chi connectivity index (χ1) is 19.8. The van der Waals surface area contributed by atoms with Crippen molar-refractivity contribution >= 4 is 44.1 Å². The minimum absolute atomic E-state index is 0.374. The van der Waals surface area contributed by atoms with Gasteiger partial charge in [0.05, 0.1) is 16.6 Å². The molecule has 1 saturated heterocycles. The number of hydrogen-bond donors (Lipinski definition) is 0. The van der Waals surface area contributed by atoms with Gasteiger partial charge in [0.15, 0.2) is 0 Å². The fourth-order valence-corrected chi connectivity index (χ4v) is 8.00. The Labute approximate surface area is 245 Å². The molecule has 2 aliphatic rings. The number of benzene rings is 5. The largest absolute Gasteiger partial charge is 0.494 e. The summed E-state index contributed by atoms with van der Waals surface area (Å²) in [5.41, 5.74) is 7.64. The van der Waals surface area contributed by atoms with Crippen molar-refractivity contribution in [3.63, 3.8) is 0 Å². The molecule has 0 spiro atoms.